The molecule has 1 unspecified atom stereocenters. The van der Waals surface area contributed by atoms with Gasteiger partial charge in [0.15, 0.2) is 0 Å². The Hall–Kier alpha value is -3.71. The third-order valence-electron chi connectivity index (χ3n) is 6.00. The van der Waals surface area contributed by atoms with Crippen molar-refractivity contribution in [2.45, 2.75) is 32.2 Å². The Labute approximate surface area is 208 Å². The average molecular weight is 496 g/mol. The number of nitrogens with zero attached hydrogens (tertiary/aromatic N) is 1. The van der Waals surface area contributed by atoms with Crippen LogP contribution in [-0.4, -0.2) is 31.0 Å². The molecule has 1 aromatic heterocycles. The molecule has 2 heterocycles. The smallest absolute Gasteiger partial charge is 0.300 e. The van der Waals surface area contributed by atoms with Crippen LogP contribution in [0.25, 0.3) is 5.76 Å². The monoisotopic (exact) mass is 495 g/mol. The van der Waals surface area contributed by atoms with Crippen LogP contribution in [0.1, 0.15) is 43.7 Å². The van der Waals surface area contributed by atoms with Gasteiger partial charge in [0.1, 0.15) is 29.1 Å². The van der Waals surface area contributed by atoms with E-state index < -0.39 is 23.5 Å². The molecule has 1 fully saturated rings. The lowest BCUT2D eigenvalue weighted by atomic mass is 9.87. The zero-order valence-corrected chi connectivity index (χ0v) is 20.8. The van der Waals surface area contributed by atoms with E-state index in [1.54, 1.807) is 24.3 Å². The predicted octanol–water partition coefficient (Wildman–Crippen LogP) is 5.87. The van der Waals surface area contributed by atoms with Gasteiger partial charge in [0.05, 0.1) is 36.6 Å². The van der Waals surface area contributed by atoms with Crippen LogP contribution in [0.15, 0.2) is 64.8 Å². The Morgan fingerprint density at radius 2 is 1.69 bits per heavy atom. The molecular weight excluding hydrogens is 470 g/mol. The van der Waals surface area contributed by atoms with Crippen molar-refractivity contribution in [2.75, 3.05) is 19.1 Å². The maximum Gasteiger partial charge on any atom is 0.300 e. The number of anilines is 1. The lowest BCUT2D eigenvalue weighted by Gasteiger charge is -2.25. The van der Waals surface area contributed by atoms with Crippen LogP contribution in [0, 0.1) is 0 Å². The standard InChI is InChI=1S/C27H26ClNO6/c1-27(2,3)15-8-10-16(11-9-15)29-23(19-7-6-12-35-19)22(25(31)26(29)32)24(30)17-13-21(34-5)18(28)14-20(17)33-4/h6-14,23,30H,1-5H3/b24-22+. The number of rotatable bonds is 5. The number of furan rings is 1. The van der Waals surface area contributed by atoms with Crippen molar-refractivity contribution < 1.29 is 28.6 Å². The molecule has 1 saturated heterocycles. The first-order chi connectivity index (χ1) is 16.6. The third kappa shape index (κ3) is 4.28. The number of amides is 1. The number of benzene rings is 2. The van der Waals surface area contributed by atoms with Crippen LogP contribution < -0.4 is 14.4 Å². The highest BCUT2D eigenvalue weighted by Gasteiger charge is 2.48. The number of carbonyl (C=O) groups is 2. The maximum absolute atomic E-state index is 13.3. The Balaban J connectivity index is 1.92. The molecule has 1 aliphatic rings. The fourth-order valence-corrected chi connectivity index (χ4v) is 4.36. The molecule has 4 rings (SSSR count). The van der Waals surface area contributed by atoms with Gasteiger partial charge in [-0.3, -0.25) is 14.5 Å². The van der Waals surface area contributed by atoms with Gasteiger partial charge in [-0.15, -0.1) is 0 Å². The van der Waals surface area contributed by atoms with E-state index in [9.17, 15) is 14.7 Å². The number of Topliss-reactive ketones (excluding diaryl/α,β-unsaturated/α-hetero) is 1. The van der Waals surface area contributed by atoms with Gasteiger partial charge >= 0.3 is 0 Å². The lowest BCUT2D eigenvalue weighted by Crippen LogP contribution is -2.29. The van der Waals surface area contributed by atoms with Crippen molar-refractivity contribution in [3.63, 3.8) is 0 Å². The van der Waals surface area contributed by atoms with E-state index in [1.165, 1.54) is 37.5 Å². The molecule has 182 valence electrons. The second kappa shape index (κ2) is 9.15. The first-order valence-electron chi connectivity index (χ1n) is 10.9. The molecule has 0 aliphatic carbocycles. The van der Waals surface area contributed by atoms with Crippen LogP contribution in [0.2, 0.25) is 5.02 Å². The van der Waals surface area contributed by atoms with Crippen LogP contribution >= 0.6 is 11.6 Å². The highest BCUT2D eigenvalue weighted by molar-refractivity contribution is 6.51. The minimum atomic E-state index is -0.989. The number of aliphatic hydroxyl groups is 1. The van der Waals surface area contributed by atoms with Crippen molar-refractivity contribution in [3.05, 3.63) is 82.3 Å². The van der Waals surface area contributed by atoms with E-state index >= 15 is 0 Å². The number of halogens is 1. The summed E-state index contributed by atoms with van der Waals surface area (Å²) >= 11 is 6.21. The van der Waals surface area contributed by atoms with Crippen molar-refractivity contribution in [2.24, 2.45) is 0 Å². The second-order valence-corrected chi connectivity index (χ2v) is 9.58. The summed E-state index contributed by atoms with van der Waals surface area (Å²) in [6.07, 6.45) is 1.45. The Kier molecular flexibility index (Phi) is 6.38. The molecule has 35 heavy (non-hydrogen) atoms. The molecule has 1 N–H and O–H groups in total. The number of methoxy groups -OCH3 is 2. The van der Waals surface area contributed by atoms with Crippen LogP contribution in [0.5, 0.6) is 11.5 Å². The molecule has 2 aromatic carbocycles. The number of ketones is 1. The number of hydrogen-bond donors (Lipinski definition) is 1. The van der Waals surface area contributed by atoms with Crippen molar-refractivity contribution in [1.82, 2.24) is 0 Å². The topological polar surface area (TPSA) is 89.2 Å². The van der Waals surface area contributed by atoms with Gasteiger partial charge in [-0.1, -0.05) is 44.5 Å². The summed E-state index contributed by atoms with van der Waals surface area (Å²) < 4.78 is 16.3. The molecule has 7 nitrogen and oxygen atoms in total. The van der Waals surface area contributed by atoms with Crippen molar-refractivity contribution >= 4 is 34.7 Å². The van der Waals surface area contributed by atoms with Crippen LogP contribution in [-0.2, 0) is 15.0 Å². The quantitative estimate of drug-likeness (QED) is 0.270. The van der Waals surface area contributed by atoms with Gasteiger partial charge in [-0.05, 0) is 41.3 Å². The predicted molar refractivity (Wildman–Crippen MR) is 133 cm³/mol. The highest BCUT2D eigenvalue weighted by atomic mass is 35.5. The average Bonchev–Trinajstić information content (AvgIpc) is 3.45. The minimum absolute atomic E-state index is 0.0860. The molecule has 3 aromatic rings. The first kappa shape index (κ1) is 24.4. The fraction of sp³-hybridized carbons (Fsp3) is 0.259. The van der Waals surface area contributed by atoms with Gasteiger partial charge in [-0.25, -0.2) is 0 Å². The SMILES string of the molecule is COc1cc(/C(O)=C2\C(=O)C(=O)N(c3ccc(C(C)(C)C)cc3)C2c2ccco2)c(OC)cc1Cl. The number of hydrogen-bond acceptors (Lipinski definition) is 6. The maximum atomic E-state index is 13.3. The summed E-state index contributed by atoms with van der Waals surface area (Å²) in [6.45, 7) is 6.26. The molecular formula is C27H26ClNO6. The summed E-state index contributed by atoms with van der Waals surface area (Å²) in [5, 5.41) is 11.6. The van der Waals surface area contributed by atoms with Crippen molar-refractivity contribution in [1.29, 1.82) is 0 Å². The molecule has 8 heteroatoms. The van der Waals surface area contributed by atoms with Crippen LogP contribution in [0.3, 0.4) is 0 Å². The molecule has 0 spiro atoms. The van der Waals surface area contributed by atoms with Gasteiger partial charge in [0, 0.05) is 11.8 Å². The first-order valence-corrected chi connectivity index (χ1v) is 11.3. The summed E-state index contributed by atoms with van der Waals surface area (Å²) in [4.78, 5) is 27.9. The summed E-state index contributed by atoms with van der Waals surface area (Å²) in [5.41, 5.74) is 1.52. The van der Waals surface area contributed by atoms with Gasteiger partial charge < -0.3 is 19.0 Å². The van der Waals surface area contributed by atoms with E-state index in [0.717, 1.165) is 5.56 Å². The summed E-state index contributed by atoms with van der Waals surface area (Å²) in [7, 11) is 2.84. The summed E-state index contributed by atoms with van der Waals surface area (Å²) in [5.74, 6) is -1.24. The highest BCUT2D eigenvalue weighted by Crippen LogP contribution is 2.45. The number of carbonyl (C=O) groups excluding carboxylic acids is 2. The third-order valence-corrected chi connectivity index (χ3v) is 6.29. The Bertz CT molecular complexity index is 1300. The minimum Gasteiger partial charge on any atom is -0.507 e. The zero-order valence-electron chi connectivity index (χ0n) is 20.1. The lowest BCUT2D eigenvalue weighted by molar-refractivity contribution is -0.132. The van der Waals surface area contributed by atoms with E-state index in [4.69, 9.17) is 25.5 Å². The van der Waals surface area contributed by atoms with E-state index in [-0.39, 0.29) is 33.1 Å². The Morgan fingerprint density at radius 3 is 2.23 bits per heavy atom. The molecule has 0 radical (unpaired) electrons. The van der Waals surface area contributed by atoms with E-state index in [2.05, 4.69) is 20.8 Å². The molecule has 0 saturated carbocycles. The zero-order chi connectivity index (χ0) is 25.5. The Morgan fingerprint density at radius 1 is 1.03 bits per heavy atom. The van der Waals surface area contributed by atoms with Crippen molar-refractivity contribution in [3.8, 4) is 11.5 Å². The molecule has 1 atom stereocenters. The molecule has 1 amide bonds. The van der Waals surface area contributed by atoms with Gasteiger partial charge in [-0.2, -0.15) is 0 Å². The molecule has 0 bridgehead atoms. The van der Waals surface area contributed by atoms with E-state index in [0.29, 0.717) is 11.4 Å². The summed E-state index contributed by atoms with van der Waals surface area (Å²) in [6, 6.07) is 12.7. The normalized spacial score (nSPS) is 17.7. The number of ether oxygens (including phenoxy) is 2. The largest absolute Gasteiger partial charge is 0.507 e. The van der Waals surface area contributed by atoms with E-state index in [1.807, 2.05) is 12.1 Å². The molecule has 1 aliphatic heterocycles. The fourth-order valence-electron chi connectivity index (χ4n) is 4.13. The van der Waals surface area contributed by atoms with Crippen LogP contribution in [0.4, 0.5) is 5.69 Å². The van der Waals surface area contributed by atoms with Gasteiger partial charge in [0.2, 0.25) is 0 Å². The number of aliphatic hydroxyl groups excluding tert-OH is 1. The second-order valence-electron chi connectivity index (χ2n) is 9.17. The van der Waals surface area contributed by atoms with Gasteiger partial charge in [0.25, 0.3) is 11.7 Å².